The molecular formula is C18H28N3O2+. The highest BCUT2D eigenvalue weighted by Crippen LogP contribution is 2.19. The molecule has 1 unspecified atom stereocenters. The van der Waals surface area contributed by atoms with Crippen LogP contribution in [0.1, 0.15) is 19.8 Å². The number of rotatable bonds is 3. The summed E-state index contributed by atoms with van der Waals surface area (Å²) < 4.78 is 0. The number of benzene rings is 1. The molecule has 1 aromatic carbocycles. The Morgan fingerprint density at radius 3 is 2.57 bits per heavy atom. The number of amides is 1. The predicted molar refractivity (Wildman–Crippen MR) is 90.9 cm³/mol. The molecule has 126 valence electrons. The second kappa shape index (κ2) is 7.21. The first kappa shape index (κ1) is 16.1. The van der Waals surface area contributed by atoms with Crippen LogP contribution in [-0.4, -0.2) is 61.7 Å². The van der Waals surface area contributed by atoms with Crippen LogP contribution >= 0.6 is 0 Å². The van der Waals surface area contributed by atoms with Gasteiger partial charge < -0.3 is 19.8 Å². The molecule has 2 heterocycles. The number of nitrogens with one attached hydrogen (secondary N) is 1. The molecule has 0 bridgehead atoms. The molecule has 3 rings (SSSR count). The molecule has 0 aromatic heterocycles. The maximum absolute atomic E-state index is 12.5. The minimum atomic E-state index is 0.293. The van der Waals surface area contributed by atoms with E-state index in [-0.39, 0.29) is 0 Å². The zero-order valence-electron chi connectivity index (χ0n) is 14.0. The van der Waals surface area contributed by atoms with E-state index < -0.39 is 0 Å². The van der Waals surface area contributed by atoms with Crippen molar-refractivity contribution in [3.05, 3.63) is 24.3 Å². The van der Waals surface area contributed by atoms with Gasteiger partial charge in [-0.05, 0) is 37.1 Å². The number of hydrogen-bond donors (Lipinski definition) is 2. The Kier molecular flexibility index (Phi) is 5.06. The molecule has 0 spiro atoms. The van der Waals surface area contributed by atoms with Crippen molar-refractivity contribution in [2.24, 2.45) is 5.92 Å². The summed E-state index contributed by atoms with van der Waals surface area (Å²) in [7, 11) is 0. The van der Waals surface area contributed by atoms with Gasteiger partial charge in [-0.25, -0.2) is 0 Å². The smallest absolute Gasteiger partial charge is 0.277 e. The van der Waals surface area contributed by atoms with Crippen LogP contribution in [0.3, 0.4) is 0 Å². The van der Waals surface area contributed by atoms with Crippen LogP contribution in [0.5, 0.6) is 5.75 Å². The summed E-state index contributed by atoms with van der Waals surface area (Å²) in [6, 6.07) is 7.31. The molecule has 1 amide bonds. The summed E-state index contributed by atoms with van der Waals surface area (Å²) in [6.07, 6.45) is 2.56. The molecule has 0 radical (unpaired) electrons. The summed E-state index contributed by atoms with van der Waals surface area (Å²) in [4.78, 5) is 18.3. The molecule has 2 atom stereocenters. The van der Waals surface area contributed by atoms with Gasteiger partial charge in [0, 0.05) is 37.8 Å². The molecule has 2 aliphatic rings. The van der Waals surface area contributed by atoms with E-state index in [4.69, 9.17) is 0 Å². The molecule has 5 heteroatoms. The number of quaternary nitrogens is 1. The van der Waals surface area contributed by atoms with Crippen molar-refractivity contribution in [1.29, 1.82) is 0 Å². The highest BCUT2D eigenvalue weighted by Gasteiger charge is 2.27. The number of carbonyl (C=O) groups excluding carboxylic acids is 1. The standard InChI is InChI=1S/C18H27N3O2/c1-15-3-2-8-19(13-15)14-18(23)21-11-9-20(10-12-21)16-4-6-17(22)7-5-16/h4-7,15,22H,2-3,8-14H2,1H3/p+1/t15-/m0/s1. The van der Waals surface area contributed by atoms with Gasteiger partial charge in [-0.2, -0.15) is 0 Å². The number of piperazine rings is 1. The van der Waals surface area contributed by atoms with Crippen molar-refractivity contribution in [1.82, 2.24) is 4.90 Å². The van der Waals surface area contributed by atoms with Gasteiger partial charge in [-0.3, -0.25) is 4.79 Å². The number of nitrogens with zero attached hydrogens (tertiary/aromatic N) is 2. The first-order valence-electron chi connectivity index (χ1n) is 8.77. The molecule has 0 aliphatic carbocycles. The SMILES string of the molecule is C[C@H]1CCC[NH+](CC(=O)N2CCN(c3ccc(O)cc3)CC2)C1. The van der Waals surface area contributed by atoms with E-state index in [2.05, 4.69) is 11.8 Å². The quantitative estimate of drug-likeness (QED) is 0.846. The summed E-state index contributed by atoms with van der Waals surface area (Å²) >= 11 is 0. The number of phenols is 1. The molecule has 2 fully saturated rings. The Bertz CT molecular complexity index is 524. The Labute approximate surface area is 138 Å². The van der Waals surface area contributed by atoms with Crippen LogP contribution in [0.15, 0.2) is 24.3 Å². The van der Waals surface area contributed by atoms with Crippen molar-refractivity contribution < 1.29 is 14.8 Å². The molecule has 23 heavy (non-hydrogen) atoms. The van der Waals surface area contributed by atoms with Crippen molar-refractivity contribution in [2.45, 2.75) is 19.8 Å². The highest BCUT2D eigenvalue weighted by molar-refractivity contribution is 5.77. The number of anilines is 1. The van der Waals surface area contributed by atoms with Gasteiger partial charge in [-0.15, -0.1) is 0 Å². The van der Waals surface area contributed by atoms with Gasteiger partial charge in [0.2, 0.25) is 0 Å². The summed E-state index contributed by atoms with van der Waals surface area (Å²) in [5.74, 6) is 1.35. The first-order valence-corrected chi connectivity index (χ1v) is 8.77. The van der Waals surface area contributed by atoms with Crippen molar-refractivity contribution in [3.63, 3.8) is 0 Å². The van der Waals surface area contributed by atoms with E-state index in [0.717, 1.165) is 50.9 Å². The number of aromatic hydroxyl groups is 1. The molecule has 2 aliphatic heterocycles. The Morgan fingerprint density at radius 2 is 1.91 bits per heavy atom. The van der Waals surface area contributed by atoms with Crippen molar-refractivity contribution >= 4 is 11.6 Å². The number of hydrogen-bond acceptors (Lipinski definition) is 3. The third kappa shape index (κ3) is 4.16. The van der Waals surface area contributed by atoms with E-state index in [1.807, 2.05) is 17.0 Å². The van der Waals surface area contributed by atoms with Gasteiger partial charge in [0.1, 0.15) is 5.75 Å². The summed E-state index contributed by atoms with van der Waals surface area (Å²) in [5.41, 5.74) is 1.12. The van der Waals surface area contributed by atoms with Gasteiger partial charge in [-0.1, -0.05) is 6.92 Å². The zero-order valence-corrected chi connectivity index (χ0v) is 14.0. The first-order chi connectivity index (χ1) is 11.1. The topological polar surface area (TPSA) is 48.2 Å². The van der Waals surface area contributed by atoms with Gasteiger partial charge in [0.15, 0.2) is 6.54 Å². The Balaban J connectivity index is 1.48. The van der Waals surface area contributed by atoms with Crippen LogP contribution in [0.4, 0.5) is 5.69 Å². The number of phenolic OH excluding ortho intramolecular Hbond substituents is 1. The number of piperidine rings is 1. The number of carbonyl (C=O) groups is 1. The van der Waals surface area contributed by atoms with Crippen molar-refractivity contribution in [3.8, 4) is 5.75 Å². The lowest BCUT2D eigenvalue weighted by Gasteiger charge is -2.37. The minimum absolute atomic E-state index is 0.293. The average Bonchev–Trinajstić information content (AvgIpc) is 2.56. The predicted octanol–water partition coefficient (Wildman–Crippen LogP) is 0.356. The number of likely N-dealkylation sites (tertiary alicyclic amines) is 1. The summed E-state index contributed by atoms with van der Waals surface area (Å²) in [6.45, 7) is 8.54. The lowest BCUT2D eigenvalue weighted by atomic mass is 10.0. The molecule has 0 saturated carbocycles. The van der Waals surface area contributed by atoms with Gasteiger partial charge in [0.05, 0.1) is 13.1 Å². The van der Waals surface area contributed by atoms with E-state index >= 15 is 0 Å². The van der Waals surface area contributed by atoms with E-state index in [0.29, 0.717) is 18.2 Å². The lowest BCUT2D eigenvalue weighted by molar-refractivity contribution is -0.900. The largest absolute Gasteiger partial charge is 0.508 e. The van der Waals surface area contributed by atoms with Gasteiger partial charge in [0.25, 0.3) is 5.91 Å². The van der Waals surface area contributed by atoms with Gasteiger partial charge >= 0.3 is 0 Å². The van der Waals surface area contributed by atoms with E-state index in [9.17, 15) is 9.90 Å². The summed E-state index contributed by atoms with van der Waals surface area (Å²) in [5, 5.41) is 9.37. The average molecular weight is 318 g/mol. The van der Waals surface area contributed by atoms with Crippen LogP contribution in [0.25, 0.3) is 0 Å². The zero-order chi connectivity index (χ0) is 16.2. The molecule has 1 aromatic rings. The maximum Gasteiger partial charge on any atom is 0.277 e. The Morgan fingerprint density at radius 1 is 1.22 bits per heavy atom. The van der Waals surface area contributed by atoms with Crippen LogP contribution in [0, 0.1) is 5.92 Å². The third-order valence-corrected chi connectivity index (χ3v) is 5.11. The monoisotopic (exact) mass is 318 g/mol. The second-order valence-electron chi connectivity index (χ2n) is 7.01. The normalized spacial score (nSPS) is 25.4. The molecule has 2 saturated heterocycles. The van der Waals surface area contributed by atoms with Crippen molar-refractivity contribution in [2.75, 3.05) is 50.7 Å². The Hall–Kier alpha value is -1.75. The van der Waals surface area contributed by atoms with E-state index in [1.54, 1.807) is 12.1 Å². The fourth-order valence-corrected chi connectivity index (χ4v) is 3.76. The maximum atomic E-state index is 12.5. The fraction of sp³-hybridized carbons (Fsp3) is 0.611. The third-order valence-electron chi connectivity index (χ3n) is 5.11. The van der Waals surface area contributed by atoms with Crippen LogP contribution in [-0.2, 0) is 4.79 Å². The lowest BCUT2D eigenvalue weighted by Crippen LogP contribution is -3.14. The fourth-order valence-electron chi connectivity index (χ4n) is 3.76. The van der Waals surface area contributed by atoms with Crippen LogP contribution in [0.2, 0.25) is 0 Å². The molecule has 2 N–H and O–H groups in total. The molecular weight excluding hydrogens is 290 g/mol. The molecule has 5 nitrogen and oxygen atoms in total. The minimum Gasteiger partial charge on any atom is -0.508 e. The van der Waals surface area contributed by atoms with E-state index in [1.165, 1.54) is 17.7 Å². The highest BCUT2D eigenvalue weighted by atomic mass is 16.3. The second-order valence-corrected chi connectivity index (χ2v) is 7.01. The van der Waals surface area contributed by atoms with Crippen LogP contribution < -0.4 is 9.80 Å².